The van der Waals surface area contributed by atoms with Crippen molar-refractivity contribution < 1.29 is 24.0 Å². The third-order valence-electron chi connectivity index (χ3n) is 6.59. The number of ketones is 1. The number of aliphatic hydroxyl groups excluding tert-OH is 1. The van der Waals surface area contributed by atoms with Crippen molar-refractivity contribution in [3.8, 4) is 0 Å². The molecule has 0 bridgehead atoms. The summed E-state index contributed by atoms with van der Waals surface area (Å²) in [5.41, 5.74) is 0.363. The number of carbonyl (C=O) groups excluding carboxylic acids is 2. The first-order valence-electron chi connectivity index (χ1n) is 13.1. The van der Waals surface area contributed by atoms with E-state index in [4.69, 9.17) is 4.42 Å². The number of hydrogen-bond donors (Lipinski definition) is 3. The highest BCUT2D eigenvalue weighted by atomic mass is 16.6. The van der Waals surface area contributed by atoms with Gasteiger partial charge in [-0.05, 0) is 48.8 Å². The summed E-state index contributed by atoms with van der Waals surface area (Å²) in [7, 11) is 0. The largest absolute Gasteiger partial charge is 0.437 e. The van der Waals surface area contributed by atoms with Crippen LogP contribution in [0.25, 0.3) is 0 Å². The summed E-state index contributed by atoms with van der Waals surface area (Å²) in [4.78, 5) is 49.2. The number of carbonyl (C=O) groups is 2. The molecule has 4 atom stereocenters. The van der Waals surface area contributed by atoms with Gasteiger partial charge < -0.3 is 14.8 Å². The lowest BCUT2D eigenvalue weighted by Crippen LogP contribution is -2.51. The predicted molar refractivity (Wildman–Crippen MR) is 138 cm³/mol. The Morgan fingerprint density at radius 3 is 2.42 bits per heavy atom. The molecule has 12 heteroatoms. The van der Waals surface area contributed by atoms with Gasteiger partial charge in [0.15, 0.2) is 0 Å². The third-order valence-corrected chi connectivity index (χ3v) is 6.59. The molecule has 1 aliphatic carbocycles. The molecule has 1 aromatic carbocycles. The summed E-state index contributed by atoms with van der Waals surface area (Å²) in [5, 5.41) is 31.6. The van der Waals surface area contributed by atoms with Gasteiger partial charge in [-0.2, -0.15) is 4.68 Å². The second-order valence-corrected chi connectivity index (χ2v) is 10.7. The first kappa shape index (κ1) is 29.2. The predicted octanol–water partition coefficient (Wildman–Crippen LogP) is 2.95. The van der Waals surface area contributed by atoms with Crippen LogP contribution in [0.3, 0.4) is 0 Å². The van der Waals surface area contributed by atoms with E-state index in [1.807, 2.05) is 27.7 Å². The first-order valence-corrected chi connectivity index (χ1v) is 13.1. The maximum atomic E-state index is 13.4. The van der Waals surface area contributed by atoms with Crippen LogP contribution >= 0.6 is 0 Å². The van der Waals surface area contributed by atoms with E-state index in [0.29, 0.717) is 31.4 Å². The lowest BCUT2D eigenvalue weighted by molar-refractivity contribution is -0.384. The number of aliphatic hydroxyl groups is 1. The maximum Gasteiger partial charge on any atom is 0.437 e. The lowest BCUT2D eigenvalue weighted by Gasteiger charge is -2.34. The summed E-state index contributed by atoms with van der Waals surface area (Å²) >= 11 is 0. The van der Waals surface area contributed by atoms with Crippen LogP contribution in [-0.2, 0) is 11.3 Å². The van der Waals surface area contributed by atoms with Crippen LogP contribution in [0.4, 0.5) is 5.69 Å². The van der Waals surface area contributed by atoms with E-state index in [0.717, 1.165) is 17.5 Å². The van der Waals surface area contributed by atoms with Crippen molar-refractivity contribution >= 4 is 17.4 Å². The number of benzene rings is 1. The van der Waals surface area contributed by atoms with Crippen LogP contribution in [-0.4, -0.2) is 43.6 Å². The quantitative estimate of drug-likeness (QED) is 0.161. The first-order chi connectivity index (χ1) is 18.0. The molecular formula is C26H37N5O7. The molecule has 0 aliphatic heterocycles. The molecule has 1 heterocycles. The standard InChI is InChI=1S/C26H37N5O7/c1-15(2)13-21(22(32)25-29-30(14-16(3)4)26(35)38-25)28-24(34)19-7-5-6-8-20(19)27-23(33)17-9-11-18(12-10-17)31(36)37/h9-12,15-16,19-21,23,27,33H,5-8,13-14H2,1-4H3,(H,28,34)/t19-,20+,21?,23?/m1/s1. The summed E-state index contributed by atoms with van der Waals surface area (Å²) < 4.78 is 6.24. The van der Waals surface area contributed by atoms with Crippen LogP contribution in [0.1, 0.15) is 82.3 Å². The Balaban J connectivity index is 1.73. The molecule has 1 amide bonds. The second-order valence-electron chi connectivity index (χ2n) is 10.7. The summed E-state index contributed by atoms with van der Waals surface area (Å²) in [6, 6.07) is 4.28. The maximum absolute atomic E-state index is 13.4. The van der Waals surface area contributed by atoms with Crippen molar-refractivity contribution in [3.05, 3.63) is 56.4 Å². The fraction of sp³-hybridized carbons (Fsp3) is 0.615. The number of nitro benzene ring substituents is 1. The van der Waals surface area contributed by atoms with Crippen LogP contribution in [0.5, 0.6) is 0 Å². The number of amides is 1. The van der Waals surface area contributed by atoms with Crippen LogP contribution in [0, 0.1) is 27.9 Å². The van der Waals surface area contributed by atoms with Gasteiger partial charge in [-0.15, -0.1) is 5.10 Å². The van der Waals surface area contributed by atoms with E-state index in [2.05, 4.69) is 15.7 Å². The van der Waals surface area contributed by atoms with Gasteiger partial charge in [-0.25, -0.2) is 4.79 Å². The minimum atomic E-state index is -1.12. The Bertz CT molecular complexity index is 1170. The lowest BCUT2D eigenvalue weighted by atomic mass is 9.83. The molecule has 1 aliphatic rings. The van der Waals surface area contributed by atoms with Gasteiger partial charge in [-0.3, -0.25) is 25.0 Å². The van der Waals surface area contributed by atoms with Gasteiger partial charge in [0.2, 0.25) is 11.7 Å². The zero-order valence-electron chi connectivity index (χ0n) is 22.3. The summed E-state index contributed by atoms with van der Waals surface area (Å²) in [6.07, 6.45) is 2.10. The third kappa shape index (κ3) is 7.57. The molecule has 2 unspecified atom stereocenters. The average Bonchev–Trinajstić information content (AvgIpc) is 3.22. The molecule has 1 aromatic heterocycles. The van der Waals surface area contributed by atoms with E-state index < -0.39 is 34.7 Å². The molecule has 12 nitrogen and oxygen atoms in total. The molecule has 0 spiro atoms. The zero-order chi connectivity index (χ0) is 28.0. The van der Waals surface area contributed by atoms with E-state index in [9.17, 15) is 29.6 Å². The topological polar surface area (TPSA) is 170 Å². The normalized spacial score (nSPS) is 19.3. The molecule has 38 heavy (non-hydrogen) atoms. The smallest absolute Gasteiger partial charge is 0.384 e. The average molecular weight is 532 g/mol. The highest BCUT2D eigenvalue weighted by molar-refractivity contribution is 5.98. The fourth-order valence-corrected chi connectivity index (χ4v) is 4.72. The van der Waals surface area contributed by atoms with E-state index in [-0.39, 0.29) is 35.4 Å². The van der Waals surface area contributed by atoms with Gasteiger partial charge in [0.25, 0.3) is 11.6 Å². The van der Waals surface area contributed by atoms with Gasteiger partial charge in [0.1, 0.15) is 6.23 Å². The molecule has 3 N–H and O–H groups in total. The minimum Gasteiger partial charge on any atom is -0.384 e. The van der Waals surface area contributed by atoms with Gasteiger partial charge in [0.05, 0.1) is 23.4 Å². The number of rotatable bonds is 12. The van der Waals surface area contributed by atoms with Crippen molar-refractivity contribution in [3.63, 3.8) is 0 Å². The van der Waals surface area contributed by atoms with Gasteiger partial charge in [0, 0.05) is 18.2 Å². The SMILES string of the molecule is CC(C)CC(NC(=O)[C@@H]1CCCC[C@@H]1NC(O)c1ccc([N+](=O)[O-])cc1)C(=O)c1nn(CC(C)C)c(=O)o1. The Kier molecular flexibility index (Phi) is 9.92. The van der Waals surface area contributed by atoms with E-state index in [1.165, 1.54) is 24.3 Å². The van der Waals surface area contributed by atoms with Crippen molar-refractivity contribution in [2.45, 2.75) is 84.7 Å². The molecule has 0 radical (unpaired) electrons. The number of nitro groups is 1. The molecule has 1 fully saturated rings. The Morgan fingerprint density at radius 1 is 1.16 bits per heavy atom. The van der Waals surface area contributed by atoms with Crippen molar-refractivity contribution in [1.82, 2.24) is 20.4 Å². The van der Waals surface area contributed by atoms with E-state index >= 15 is 0 Å². The van der Waals surface area contributed by atoms with Crippen LogP contribution in [0.15, 0.2) is 33.5 Å². The Labute approximate surface area is 220 Å². The minimum absolute atomic E-state index is 0.0676. The van der Waals surface area contributed by atoms with Crippen molar-refractivity contribution in [2.24, 2.45) is 17.8 Å². The number of nitrogens with one attached hydrogen (secondary N) is 2. The molecule has 2 aromatic rings. The van der Waals surface area contributed by atoms with E-state index in [1.54, 1.807) is 0 Å². The van der Waals surface area contributed by atoms with Crippen molar-refractivity contribution in [1.29, 1.82) is 0 Å². The van der Waals surface area contributed by atoms with Crippen LogP contribution in [0.2, 0.25) is 0 Å². The highest BCUT2D eigenvalue weighted by Crippen LogP contribution is 2.28. The van der Waals surface area contributed by atoms with Gasteiger partial charge >= 0.3 is 5.76 Å². The fourth-order valence-electron chi connectivity index (χ4n) is 4.72. The number of nitrogens with zero attached hydrogens (tertiary/aromatic N) is 3. The zero-order valence-corrected chi connectivity index (χ0v) is 22.3. The number of aromatic nitrogens is 2. The molecule has 1 saturated carbocycles. The molecule has 3 rings (SSSR count). The number of non-ortho nitro benzene ring substituents is 1. The molecule has 208 valence electrons. The highest BCUT2D eigenvalue weighted by Gasteiger charge is 2.36. The number of hydrogen-bond acceptors (Lipinski definition) is 9. The summed E-state index contributed by atoms with van der Waals surface area (Å²) in [5.74, 6) is -2.24. The van der Waals surface area contributed by atoms with Crippen molar-refractivity contribution in [2.75, 3.05) is 0 Å². The Morgan fingerprint density at radius 2 is 1.82 bits per heavy atom. The monoisotopic (exact) mass is 531 g/mol. The second kappa shape index (κ2) is 12.9. The Hall–Kier alpha value is -3.38. The molecule has 0 saturated heterocycles. The molecular weight excluding hydrogens is 494 g/mol. The van der Waals surface area contributed by atoms with Gasteiger partial charge in [-0.1, -0.05) is 40.5 Å². The van der Waals surface area contributed by atoms with Crippen LogP contribution < -0.4 is 16.4 Å². The summed E-state index contributed by atoms with van der Waals surface area (Å²) in [6.45, 7) is 7.98. The number of Topliss-reactive ketones (excluding diaryl/α,β-unsaturated/α-hetero) is 1.